The van der Waals surface area contributed by atoms with E-state index < -0.39 is 0 Å². The number of halogens is 1. The van der Waals surface area contributed by atoms with Crippen molar-refractivity contribution >= 4 is 16.9 Å². The SMILES string of the molecule is CC(=O)SCCCCCCCCF. The van der Waals surface area contributed by atoms with Gasteiger partial charge in [-0.05, 0) is 12.8 Å². The molecule has 1 nitrogen and oxygen atoms in total. The summed E-state index contributed by atoms with van der Waals surface area (Å²) in [6.45, 7) is 1.42. The Labute approximate surface area is 84.5 Å². The van der Waals surface area contributed by atoms with Gasteiger partial charge in [-0.1, -0.05) is 37.4 Å². The van der Waals surface area contributed by atoms with E-state index in [0.29, 0.717) is 6.42 Å². The van der Waals surface area contributed by atoms with E-state index in [9.17, 15) is 9.18 Å². The Balaban J connectivity index is 2.87. The average molecular weight is 206 g/mol. The van der Waals surface area contributed by atoms with Gasteiger partial charge >= 0.3 is 0 Å². The van der Waals surface area contributed by atoms with Gasteiger partial charge in [0.1, 0.15) is 0 Å². The summed E-state index contributed by atoms with van der Waals surface area (Å²) in [6.07, 6.45) is 6.32. The molecule has 13 heavy (non-hydrogen) atoms. The summed E-state index contributed by atoms with van der Waals surface area (Å²) in [6, 6.07) is 0. The maximum absolute atomic E-state index is 11.7. The molecule has 3 heteroatoms. The molecular formula is C10H19FOS. The molecule has 0 aliphatic carbocycles. The van der Waals surface area contributed by atoms with Gasteiger partial charge in [0, 0.05) is 12.7 Å². The van der Waals surface area contributed by atoms with Gasteiger partial charge in [0.25, 0.3) is 0 Å². The van der Waals surface area contributed by atoms with Gasteiger partial charge in [0.15, 0.2) is 5.12 Å². The van der Waals surface area contributed by atoms with Crippen LogP contribution in [0.25, 0.3) is 0 Å². The zero-order chi connectivity index (χ0) is 9.94. The van der Waals surface area contributed by atoms with Crippen LogP contribution in [0.15, 0.2) is 0 Å². The van der Waals surface area contributed by atoms with Gasteiger partial charge in [-0.2, -0.15) is 0 Å². The molecule has 78 valence electrons. The number of hydrogen-bond donors (Lipinski definition) is 0. The van der Waals surface area contributed by atoms with E-state index in [1.807, 2.05) is 0 Å². The number of thioether (sulfide) groups is 1. The van der Waals surface area contributed by atoms with Crippen molar-refractivity contribution in [3.8, 4) is 0 Å². The van der Waals surface area contributed by atoms with Crippen LogP contribution >= 0.6 is 11.8 Å². The lowest BCUT2D eigenvalue weighted by Crippen LogP contribution is -1.87. The second-order valence-corrected chi connectivity index (χ2v) is 4.42. The summed E-state index contributed by atoms with van der Waals surface area (Å²) < 4.78 is 11.7. The minimum Gasteiger partial charge on any atom is -0.288 e. The van der Waals surface area contributed by atoms with Crippen LogP contribution in [0.3, 0.4) is 0 Å². The molecule has 0 rings (SSSR count). The van der Waals surface area contributed by atoms with Gasteiger partial charge < -0.3 is 0 Å². The molecule has 0 aliphatic rings. The molecule has 0 bridgehead atoms. The van der Waals surface area contributed by atoms with Crippen LogP contribution < -0.4 is 0 Å². The summed E-state index contributed by atoms with van der Waals surface area (Å²) in [5, 5.41) is 0.206. The Morgan fingerprint density at radius 2 is 1.62 bits per heavy atom. The van der Waals surface area contributed by atoms with Crippen LogP contribution in [0.2, 0.25) is 0 Å². The lowest BCUT2D eigenvalue weighted by molar-refractivity contribution is -0.109. The molecule has 0 aromatic carbocycles. The number of carbonyl (C=O) groups is 1. The molecule has 0 aromatic rings. The first-order chi connectivity index (χ1) is 6.27. The fraction of sp³-hybridized carbons (Fsp3) is 0.900. The summed E-state index contributed by atoms with van der Waals surface area (Å²) in [5.41, 5.74) is 0. The molecule has 0 saturated heterocycles. The smallest absolute Gasteiger partial charge is 0.185 e. The van der Waals surface area contributed by atoms with Crippen LogP contribution in [-0.4, -0.2) is 17.5 Å². The van der Waals surface area contributed by atoms with Crippen LogP contribution in [0.4, 0.5) is 4.39 Å². The standard InChI is InChI=1S/C10H19FOS/c1-10(12)13-9-7-5-3-2-4-6-8-11/h2-9H2,1H3. The number of carbonyl (C=O) groups excluding carboxylic acids is 1. The molecule has 0 N–H and O–H groups in total. The molecule has 0 spiro atoms. The molecule has 0 amide bonds. The van der Waals surface area contributed by atoms with Crippen LogP contribution in [0, 0.1) is 0 Å². The molecule has 0 fully saturated rings. The predicted octanol–water partition coefficient (Wildman–Crippen LogP) is 3.58. The molecule has 0 unspecified atom stereocenters. The third kappa shape index (κ3) is 12.0. The highest BCUT2D eigenvalue weighted by molar-refractivity contribution is 8.13. The van der Waals surface area contributed by atoms with Crippen LogP contribution in [-0.2, 0) is 4.79 Å². The first kappa shape index (κ1) is 12.9. The fourth-order valence-electron chi connectivity index (χ4n) is 1.12. The third-order valence-corrected chi connectivity index (χ3v) is 2.73. The second-order valence-electron chi connectivity index (χ2n) is 3.15. The summed E-state index contributed by atoms with van der Waals surface area (Å²) in [4.78, 5) is 10.5. The first-order valence-corrected chi connectivity index (χ1v) is 5.95. The van der Waals surface area contributed by atoms with Crippen molar-refractivity contribution in [1.82, 2.24) is 0 Å². The second kappa shape index (κ2) is 10.0. The molecule has 0 atom stereocenters. The van der Waals surface area contributed by atoms with Crippen molar-refractivity contribution in [3.63, 3.8) is 0 Å². The largest absolute Gasteiger partial charge is 0.288 e. The first-order valence-electron chi connectivity index (χ1n) is 4.96. The third-order valence-electron chi connectivity index (χ3n) is 1.83. The van der Waals surface area contributed by atoms with Crippen molar-refractivity contribution in [2.75, 3.05) is 12.4 Å². The zero-order valence-corrected chi connectivity index (χ0v) is 9.17. The van der Waals surface area contributed by atoms with Crippen LogP contribution in [0.5, 0.6) is 0 Å². The van der Waals surface area contributed by atoms with Crippen molar-refractivity contribution in [2.45, 2.75) is 45.4 Å². The number of rotatable bonds is 8. The van der Waals surface area contributed by atoms with E-state index >= 15 is 0 Å². The highest BCUT2D eigenvalue weighted by Gasteiger charge is 1.94. The van der Waals surface area contributed by atoms with E-state index in [2.05, 4.69) is 0 Å². The number of alkyl halides is 1. The normalized spacial score (nSPS) is 10.3. The molecular weight excluding hydrogens is 187 g/mol. The minimum atomic E-state index is -0.180. The summed E-state index contributed by atoms with van der Waals surface area (Å²) >= 11 is 1.40. The Bertz CT molecular complexity index is 128. The van der Waals surface area contributed by atoms with E-state index in [0.717, 1.165) is 25.0 Å². The molecule has 0 aromatic heterocycles. The van der Waals surface area contributed by atoms with Crippen molar-refractivity contribution in [3.05, 3.63) is 0 Å². The Morgan fingerprint density at radius 3 is 2.15 bits per heavy atom. The van der Waals surface area contributed by atoms with Gasteiger partial charge in [0.2, 0.25) is 0 Å². The van der Waals surface area contributed by atoms with Crippen molar-refractivity contribution < 1.29 is 9.18 Å². The fourth-order valence-corrected chi connectivity index (χ4v) is 1.76. The van der Waals surface area contributed by atoms with Crippen molar-refractivity contribution in [1.29, 1.82) is 0 Å². The van der Waals surface area contributed by atoms with E-state index in [1.165, 1.54) is 24.6 Å². The van der Waals surface area contributed by atoms with Gasteiger partial charge in [-0.15, -0.1) is 0 Å². The van der Waals surface area contributed by atoms with E-state index in [1.54, 1.807) is 6.92 Å². The molecule has 0 heterocycles. The number of unbranched alkanes of at least 4 members (excludes halogenated alkanes) is 5. The lowest BCUT2D eigenvalue weighted by Gasteiger charge is -1.99. The minimum absolute atomic E-state index is 0.180. The Hall–Kier alpha value is -0.0500. The summed E-state index contributed by atoms with van der Waals surface area (Å²) in [7, 11) is 0. The maximum Gasteiger partial charge on any atom is 0.185 e. The predicted molar refractivity (Wildman–Crippen MR) is 56.8 cm³/mol. The zero-order valence-electron chi connectivity index (χ0n) is 8.35. The van der Waals surface area contributed by atoms with Gasteiger partial charge in [0.05, 0.1) is 6.67 Å². The van der Waals surface area contributed by atoms with Crippen LogP contribution in [0.1, 0.15) is 45.4 Å². The van der Waals surface area contributed by atoms with Gasteiger partial charge in [-0.3, -0.25) is 9.18 Å². The monoisotopic (exact) mass is 206 g/mol. The number of hydrogen-bond acceptors (Lipinski definition) is 2. The quantitative estimate of drug-likeness (QED) is 0.565. The molecule has 0 radical (unpaired) electrons. The summed E-state index contributed by atoms with van der Waals surface area (Å²) in [5.74, 6) is 0.943. The van der Waals surface area contributed by atoms with Crippen molar-refractivity contribution in [2.24, 2.45) is 0 Å². The van der Waals surface area contributed by atoms with Gasteiger partial charge in [-0.25, -0.2) is 0 Å². The highest BCUT2D eigenvalue weighted by Crippen LogP contribution is 2.09. The van der Waals surface area contributed by atoms with E-state index in [-0.39, 0.29) is 11.8 Å². The maximum atomic E-state index is 11.7. The Morgan fingerprint density at radius 1 is 1.08 bits per heavy atom. The topological polar surface area (TPSA) is 17.1 Å². The average Bonchev–Trinajstić information content (AvgIpc) is 2.09. The van der Waals surface area contributed by atoms with E-state index in [4.69, 9.17) is 0 Å². The molecule has 0 aliphatic heterocycles. The highest BCUT2D eigenvalue weighted by atomic mass is 32.2. The Kier molecular flexibility index (Phi) is 10.00. The molecule has 0 saturated carbocycles. The lowest BCUT2D eigenvalue weighted by atomic mass is 10.1.